The predicted molar refractivity (Wildman–Crippen MR) is 131 cm³/mol. The lowest BCUT2D eigenvalue weighted by Crippen LogP contribution is -2.37. The molecule has 0 radical (unpaired) electrons. The lowest BCUT2D eigenvalue weighted by molar-refractivity contribution is -0.274. The van der Waals surface area contributed by atoms with E-state index in [0.29, 0.717) is 17.8 Å². The highest BCUT2D eigenvalue weighted by atomic mass is 19.4. The summed E-state index contributed by atoms with van der Waals surface area (Å²) in [6.07, 6.45) is -10.2. The maximum atomic E-state index is 15.1. The fourth-order valence-electron chi connectivity index (χ4n) is 3.16. The Morgan fingerprint density at radius 2 is 1.55 bits per heavy atom. The van der Waals surface area contributed by atoms with Crippen LogP contribution in [0.15, 0.2) is 48.5 Å². The van der Waals surface area contributed by atoms with Crippen LogP contribution in [0, 0.1) is 12.7 Å². The largest absolute Gasteiger partial charge is 0.573 e. The number of aryl methyl sites for hydroxylation is 1. The summed E-state index contributed by atoms with van der Waals surface area (Å²) in [6, 6.07) is 8.20. The maximum absolute atomic E-state index is 15.1. The summed E-state index contributed by atoms with van der Waals surface area (Å²) in [4.78, 5) is 16.9. The van der Waals surface area contributed by atoms with Crippen molar-refractivity contribution in [3.05, 3.63) is 71.2 Å². The van der Waals surface area contributed by atoms with Crippen molar-refractivity contribution in [2.75, 3.05) is 5.32 Å². The van der Waals surface area contributed by atoms with E-state index in [1.165, 1.54) is 12.1 Å². The predicted octanol–water partition coefficient (Wildman–Crippen LogP) is 3.38. The molecule has 0 bridgehead atoms. The minimum atomic E-state index is -5.14. The van der Waals surface area contributed by atoms with Crippen molar-refractivity contribution in [2.24, 2.45) is 0 Å². The minimum Gasteiger partial charge on any atom is -0.510 e. The summed E-state index contributed by atoms with van der Waals surface area (Å²) in [6.45, 7) is 1.60. The summed E-state index contributed by atoms with van der Waals surface area (Å²) in [5.41, 5.74) is -2.37. The van der Waals surface area contributed by atoms with Crippen molar-refractivity contribution < 1.29 is 49.7 Å². The number of anilines is 1. The van der Waals surface area contributed by atoms with Crippen LogP contribution in [0.4, 0.5) is 36.6 Å². The first-order valence-corrected chi connectivity index (χ1v) is 10.8. The SMILES string of the molecule is BC(B)(B)Oc1cc(OC(F)(F)F)ccc1Oc1ccc(C(F)(F)F)c(F)c1C(=O)Nc1cccc(C)n1. The van der Waals surface area contributed by atoms with Gasteiger partial charge in [0.05, 0.1) is 5.56 Å². The number of aromatic nitrogens is 1. The van der Waals surface area contributed by atoms with Gasteiger partial charge in [0.25, 0.3) is 5.91 Å². The zero-order valence-electron chi connectivity index (χ0n) is 20.3. The molecule has 0 atom stereocenters. The van der Waals surface area contributed by atoms with E-state index in [2.05, 4.69) is 15.0 Å². The molecule has 1 amide bonds. The molecule has 1 heterocycles. The Hall–Kier alpha value is -3.84. The Labute approximate surface area is 214 Å². The Balaban J connectivity index is 2.10. The average molecular weight is 540 g/mol. The molecule has 0 aliphatic carbocycles. The minimum absolute atomic E-state index is 0.0665. The van der Waals surface area contributed by atoms with Crippen molar-refractivity contribution in [2.45, 2.75) is 24.8 Å². The molecule has 0 saturated carbocycles. The molecule has 0 aliphatic rings. The first-order chi connectivity index (χ1) is 17.4. The fourth-order valence-corrected chi connectivity index (χ4v) is 3.16. The topological polar surface area (TPSA) is 69.7 Å². The molecule has 1 aromatic heterocycles. The van der Waals surface area contributed by atoms with E-state index in [1.54, 1.807) is 36.5 Å². The molecule has 0 unspecified atom stereocenters. The number of hydrogen-bond donors (Lipinski definition) is 1. The summed E-state index contributed by atoms with van der Waals surface area (Å²) in [5.74, 6) is -5.27. The third kappa shape index (κ3) is 7.59. The highest BCUT2D eigenvalue weighted by Crippen LogP contribution is 2.41. The van der Waals surface area contributed by atoms with E-state index in [4.69, 9.17) is 9.47 Å². The Kier molecular flexibility index (Phi) is 7.94. The second-order valence-electron chi connectivity index (χ2n) is 8.89. The molecule has 3 rings (SSSR count). The normalized spacial score (nSPS) is 12.1. The molecule has 0 spiro atoms. The van der Waals surface area contributed by atoms with Gasteiger partial charge in [0.1, 0.15) is 46.4 Å². The third-order valence-corrected chi connectivity index (χ3v) is 4.55. The van der Waals surface area contributed by atoms with Crippen molar-refractivity contribution in [1.82, 2.24) is 4.98 Å². The Bertz CT molecular complexity index is 1350. The number of benzene rings is 2. The summed E-state index contributed by atoms with van der Waals surface area (Å²) >= 11 is 0. The number of nitrogens with one attached hydrogen (secondary N) is 1. The molecular formula is C22H18B3F7N2O4. The van der Waals surface area contributed by atoms with Gasteiger partial charge in [0.2, 0.25) is 0 Å². The zero-order valence-corrected chi connectivity index (χ0v) is 20.3. The fraction of sp³-hybridized carbons (Fsp3) is 0.182. The maximum Gasteiger partial charge on any atom is 0.573 e. The molecule has 198 valence electrons. The summed E-state index contributed by atoms with van der Waals surface area (Å²) in [7, 11) is 4.71. The molecule has 2 aromatic carbocycles. The van der Waals surface area contributed by atoms with E-state index >= 15 is 4.39 Å². The standard InChI is InChI=1S/C22H18B3F7N2O4/c1-10-3-2-4-16(33-10)34-19(35)17-14(8-6-12(18(17)26)20(27,28)29)36-13-7-5-11(37-22(30,31)32)9-15(13)38-21(23,24)25/h2-9H,23-25H2,1H3,(H,33,34,35). The zero-order chi connectivity index (χ0) is 28.5. The molecule has 38 heavy (non-hydrogen) atoms. The van der Waals surface area contributed by atoms with Gasteiger partial charge in [-0.05, 0) is 43.3 Å². The van der Waals surface area contributed by atoms with Crippen LogP contribution in [-0.4, -0.2) is 46.1 Å². The Morgan fingerprint density at radius 1 is 0.895 bits per heavy atom. The molecule has 0 aliphatic heterocycles. The number of pyridine rings is 1. The van der Waals surface area contributed by atoms with Gasteiger partial charge in [0.15, 0.2) is 17.3 Å². The molecular weight excluding hydrogens is 522 g/mol. The molecule has 0 fully saturated rings. The van der Waals surface area contributed by atoms with Crippen LogP contribution >= 0.6 is 0 Å². The third-order valence-electron chi connectivity index (χ3n) is 4.55. The molecule has 1 N–H and O–H groups in total. The van der Waals surface area contributed by atoms with Crippen LogP contribution in [0.5, 0.6) is 23.0 Å². The van der Waals surface area contributed by atoms with Gasteiger partial charge in [0, 0.05) is 17.1 Å². The van der Waals surface area contributed by atoms with E-state index in [9.17, 15) is 31.1 Å². The van der Waals surface area contributed by atoms with E-state index in [0.717, 1.165) is 18.2 Å². The van der Waals surface area contributed by atoms with Crippen LogP contribution in [0.25, 0.3) is 0 Å². The van der Waals surface area contributed by atoms with Crippen molar-refractivity contribution in [3.8, 4) is 23.0 Å². The summed E-state index contributed by atoms with van der Waals surface area (Å²) in [5, 5.41) is 1.24. The summed E-state index contributed by atoms with van der Waals surface area (Å²) < 4.78 is 109. The number of rotatable bonds is 7. The highest BCUT2D eigenvalue weighted by Gasteiger charge is 2.38. The second-order valence-corrected chi connectivity index (χ2v) is 8.89. The van der Waals surface area contributed by atoms with Gasteiger partial charge < -0.3 is 19.5 Å². The number of ether oxygens (including phenoxy) is 3. The molecule has 3 aromatic rings. The van der Waals surface area contributed by atoms with Gasteiger partial charge in [-0.3, -0.25) is 4.79 Å². The van der Waals surface area contributed by atoms with Gasteiger partial charge >= 0.3 is 12.5 Å². The van der Waals surface area contributed by atoms with Gasteiger partial charge in [-0.25, -0.2) is 9.37 Å². The van der Waals surface area contributed by atoms with Crippen LogP contribution in [0.1, 0.15) is 21.6 Å². The molecule has 0 saturated heterocycles. The lowest BCUT2D eigenvalue weighted by atomic mass is 9.52. The first-order valence-electron chi connectivity index (χ1n) is 10.8. The number of carbonyl (C=O) groups is 1. The van der Waals surface area contributed by atoms with Crippen molar-refractivity contribution in [1.29, 1.82) is 0 Å². The Morgan fingerprint density at radius 3 is 2.13 bits per heavy atom. The number of hydrogen-bond acceptors (Lipinski definition) is 5. The van der Waals surface area contributed by atoms with Crippen LogP contribution in [0.3, 0.4) is 0 Å². The number of alkyl halides is 6. The number of amides is 1. The van der Waals surface area contributed by atoms with Crippen molar-refractivity contribution in [3.63, 3.8) is 0 Å². The van der Waals surface area contributed by atoms with Gasteiger partial charge in [-0.2, -0.15) is 13.2 Å². The van der Waals surface area contributed by atoms with Crippen LogP contribution < -0.4 is 19.5 Å². The highest BCUT2D eigenvalue weighted by molar-refractivity contribution is 6.58. The van der Waals surface area contributed by atoms with Gasteiger partial charge in [-0.15, -0.1) is 13.2 Å². The smallest absolute Gasteiger partial charge is 0.510 e. The van der Waals surface area contributed by atoms with E-state index in [-0.39, 0.29) is 17.3 Å². The number of nitrogens with zero attached hydrogens (tertiary/aromatic N) is 1. The molecule has 6 nitrogen and oxygen atoms in total. The van der Waals surface area contributed by atoms with E-state index < -0.39 is 52.2 Å². The average Bonchev–Trinajstić information content (AvgIpc) is 2.72. The van der Waals surface area contributed by atoms with Crippen LogP contribution in [0.2, 0.25) is 0 Å². The quantitative estimate of drug-likeness (QED) is 0.368. The van der Waals surface area contributed by atoms with Gasteiger partial charge in [-0.1, -0.05) is 6.07 Å². The molecule has 16 heteroatoms. The number of halogens is 7. The van der Waals surface area contributed by atoms with E-state index in [1.807, 2.05) is 0 Å². The van der Waals surface area contributed by atoms with Crippen LogP contribution in [-0.2, 0) is 6.18 Å². The lowest BCUT2D eigenvalue weighted by Gasteiger charge is -2.25. The van der Waals surface area contributed by atoms with Crippen molar-refractivity contribution >= 4 is 35.3 Å². The number of carbonyl (C=O) groups excluding carboxylic acids is 1. The first kappa shape index (κ1) is 28.7. The second kappa shape index (κ2) is 10.5. The monoisotopic (exact) mass is 540 g/mol.